The molecule has 1 fully saturated rings. The van der Waals surface area contributed by atoms with Crippen molar-refractivity contribution in [3.63, 3.8) is 0 Å². The number of imidazole rings is 1. The Balaban J connectivity index is 1.79. The van der Waals surface area contributed by atoms with Crippen molar-refractivity contribution in [2.75, 3.05) is 0 Å². The first-order valence-electron chi connectivity index (χ1n) is 10.1. The lowest BCUT2D eigenvalue weighted by atomic mass is 9.97. The summed E-state index contributed by atoms with van der Waals surface area (Å²) in [6, 6.07) is 5.83. The highest BCUT2D eigenvalue weighted by Gasteiger charge is 2.22. The van der Waals surface area contributed by atoms with Crippen LogP contribution in [0.4, 0.5) is 0 Å². The minimum atomic E-state index is -0.169. The van der Waals surface area contributed by atoms with Gasteiger partial charge in [0.05, 0.1) is 11.6 Å². The monoisotopic (exact) mass is 392 g/mol. The van der Waals surface area contributed by atoms with Crippen LogP contribution in [0.1, 0.15) is 32.1 Å². The summed E-state index contributed by atoms with van der Waals surface area (Å²) < 4.78 is 9.71. The van der Waals surface area contributed by atoms with E-state index in [9.17, 15) is 9.59 Å². The van der Waals surface area contributed by atoms with E-state index in [0.717, 1.165) is 47.7 Å². The molecule has 0 saturated heterocycles. The summed E-state index contributed by atoms with van der Waals surface area (Å²) in [5.74, 6) is 0.688. The van der Waals surface area contributed by atoms with Crippen LogP contribution in [0.3, 0.4) is 0 Å². The second-order valence-corrected chi connectivity index (χ2v) is 7.93. The third-order valence-electron chi connectivity index (χ3n) is 6.05. The van der Waals surface area contributed by atoms with Crippen molar-refractivity contribution in [2.45, 2.75) is 38.2 Å². The van der Waals surface area contributed by atoms with Gasteiger partial charge in [0.2, 0.25) is 0 Å². The predicted molar refractivity (Wildman–Crippen MR) is 114 cm³/mol. The molecule has 0 atom stereocenters. The Morgan fingerprint density at radius 2 is 1.79 bits per heavy atom. The summed E-state index contributed by atoms with van der Waals surface area (Å²) >= 11 is 0. The molecule has 0 spiro atoms. The lowest BCUT2D eigenvalue weighted by molar-refractivity contribution is 0.157. The zero-order chi connectivity index (χ0) is 20.1. The van der Waals surface area contributed by atoms with E-state index >= 15 is 0 Å². The van der Waals surface area contributed by atoms with Gasteiger partial charge in [-0.05, 0) is 43.9 Å². The van der Waals surface area contributed by atoms with Crippen molar-refractivity contribution < 1.29 is 4.74 Å². The molecule has 1 aliphatic rings. The van der Waals surface area contributed by atoms with Crippen LogP contribution in [0, 0.1) is 0 Å². The van der Waals surface area contributed by atoms with Gasteiger partial charge in [-0.15, -0.1) is 0 Å². The molecule has 3 heterocycles. The zero-order valence-corrected chi connectivity index (χ0v) is 16.6. The molecule has 3 aromatic heterocycles. The van der Waals surface area contributed by atoms with Crippen LogP contribution in [-0.2, 0) is 14.1 Å². The highest BCUT2D eigenvalue weighted by molar-refractivity contribution is 6.00. The van der Waals surface area contributed by atoms with Gasteiger partial charge >= 0.3 is 5.69 Å². The highest BCUT2D eigenvalue weighted by Crippen LogP contribution is 2.39. The molecular weight excluding hydrogens is 368 g/mol. The van der Waals surface area contributed by atoms with E-state index in [1.165, 1.54) is 6.42 Å². The predicted octanol–water partition coefficient (Wildman–Crippen LogP) is 3.43. The number of rotatable bonds is 3. The fraction of sp³-hybridized carbons (Fsp3) is 0.364. The van der Waals surface area contributed by atoms with Crippen molar-refractivity contribution >= 4 is 21.9 Å². The van der Waals surface area contributed by atoms with Gasteiger partial charge in [-0.1, -0.05) is 6.42 Å². The van der Waals surface area contributed by atoms with E-state index < -0.39 is 0 Å². The molecule has 1 aromatic carbocycles. The van der Waals surface area contributed by atoms with Crippen molar-refractivity contribution in [3.8, 4) is 16.9 Å². The molecule has 0 unspecified atom stereocenters. The number of ether oxygens (including phenoxy) is 1. The van der Waals surface area contributed by atoms with E-state index in [0.29, 0.717) is 16.8 Å². The zero-order valence-electron chi connectivity index (χ0n) is 16.6. The van der Waals surface area contributed by atoms with Gasteiger partial charge < -0.3 is 19.3 Å². The average molecular weight is 392 g/mol. The minimum absolute atomic E-state index is 0.0716. The number of hydrogen-bond acceptors (Lipinski definition) is 3. The molecule has 150 valence electrons. The molecule has 0 amide bonds. The smallest absolute Gasteiger partial charge is 0.326 e. The molecule has 0 aliphatic heterocycles. The minimum Gasteiger partial charge on any atom is -0.488 e. The molecule has 1 saturated carbocycles. The van der Waals surface area contributed by atoms with E-state index in [4.69, 9.17) is 4.74 Å². The summed E-state index contributed by atoms with van der Waals surface area (Å²) in [4.78, 5) is 30.8. The van der Waals surface area contributed by atoms with E-state index in [-0.39, 0.29) is 17.4 Å². The third-order valence-corrected chi connectivity index (χ3v) is 6.05. The molecule has 5 rings (SSSR count). The Bertz CT molecular complexity index is 1330. The SMILES string of the molecule is Cn1cc(-c2ccc3c([nH]c(=O)n3C)c2OC2CCCCC2)c2cc[nH]c2c1=O. The Kier molecular flexibility index (Phi) is 4.12. The fourth-order valence-corrected chi connectivity index (χ4v) is 4.44. The number of H-pyrrole nitrogens is 2. The van der Waals surface area contributed by atoms with Gasteiger partial charge in [-0.2, -0.15) is 0 Å². The number of aryl methyl sites for hydroxylation is 2. The molecule has 4 aromatic rings. The van der Waals surface area contributed by atoms with Crippen molar-refractivity contribution in [2.24, 2.45) is 14.1 Å². The standard InChI is InChI=1S/C22H24N4O3/c1-25-12-16(14-10-11-23-18(14)21(25)27)15-8-9-17-19(24-22(28)26(17)2)20(15)29-13-6-4-3-5-7-13/h8-13,23H,3-7H2,1-2H3,(H,24,28). The molecule has 2 N–H and O–H groups in total. The largest absolute Gasteiger partial charge is 0.488 e. The van der Waals surface area contributed by atoms with E-state index in [1.807, 2.05) is 24.4 Å². The van der Waals surface area contributed by atoms with Crippen molar-refractivity contribution in [3.05, 3.63) is 51.4 Å². The topological polar surface area (TPSA) is 84.8 Å². The Labute approximate surface area is 166 Å². The van der Waals surface area contributed by atoms with Crippen LogP contribution in [-0.4, -0.2) is 25.2 Å². The average Bonchev–Trinajstić information content (AvgIpc) is 3.32. The first kappa shape index (κ1) is 17.8. The van der Waals surface area contributed by atoms with Crippen LogP contribution < -0.4 is 16.0 Å². The van der Waals surface area contributed by atoms with Crippen LogP contribution in [0.5, 0.6) is 5.75 Å². The number of nitrogens with zero attached hydrogens (tertiary/aromatic N) is 2. The maximum atomic E-state index is 12.5. The van der Waals surface area contributed by atoms with Gasteiger partial charge in [0, 0.05) is 43.0 Å². The van der Waals surface area contributed by atoms with Gasteiger partial charge in [-0.25, -0.2) is 4.79 Å². The summed E-state index contributed by atoms with van der Waals surface area (Å²) in [6.07, 6.45) is 9.33. The summed E-state index contributed by atoms with van der Waals surface area (Å²) in [5.41, 5.74) is 3.62. The van der Waals surface area contributed by atoms with Crippen molar-refractivity contribution in [1.82, 2.24) is 19.1 Å². The van der Waals surface area contributed by atoms with Crippen LogP contribution in [0.2, 0.25) is 0 Å². The number of pyridine rings is 1. The molecule has 7 heteroatoms. The van der Waals surface area contributed by atoms with Gasteiger partial charge in [0.15, 0.2) is 5.75 Å². The van der Waals surface area contributed by atoms with Gasteiger partial charge in [-0.3, -0.25) is 9.36 Å². The quantitative estimate of drug-likeness (QED) is 0.560. The maximum absolute atomic E-state index is 12.5. The van der Waals surface area contributed by atoms with Gasteiger partial charge in [0.1, 0.15) is 11.0 Å². The number of nitrogens with one attached hydrogen (secondary N) is 2. The fourth-order valence-electron chi connectivity index (χ4n) is 4.44. The second kappa shape index (κ2) is 6.69. The summed E-state index contributed by atoms with van der Waals surface area (Å²) in [7, 11) is 3.50. The number of hydrogen-bond donors (Lipinski definition) is 2. The number of aromatic amines is 2. The first-order chi connectivity index (χ1) is 14.0. The molecule has 29 heavy (non-hydrogen) atoms. The number of benzene rings is 1. The lowest BCUT2D eigenvalue weighted by Crippen LogP contribution is -2.20. The maximum Gasteiger partial charge on any atom is 0.326 e. The van der Waals surface area contributed by atoms with Crippen LogP contribution in [0.15, 0.2) is 40.2 Å². The second-order valence-electron chi connectivity index (χ2n) is 7.93. The Morgan fingerprint density at radius 1 is 1.00 bits per heavy atom. The van der Waals surface area contributed by atoms with Gasteiger partial charge in [0.25, 0.3) is 5.56 Å². The summed E-state index contributed by atoms with van der Waals surface area (Å²) in [5, 5.41) is 0.847. The van der Waals surface area contributed by atoms with Crippen LogP contribution >= 0.6 is 0 Å². The number of aromatic nitrogens is 4. The molecular formula is C22H24N4O3. The van der Waals surface area contributed by atoms with E-state index in [2.05, 4.69) is 9.97 Å². The molecule has 0 radical (unpaired) electrons. The normalized spacial score (nSPS) is 15.4. The molecule has 0 bridgehead atoms. The Hall–Kier alpha value is -3.22. The first-order valence-corrected chi connectivity index (χ1v) is 10.1. The van der Waals surface area contributed by atoms with Crippen LogP contribution in [0.25, 0.3) is 33.1 Å². The Morgan fingerprint density at radius 3 is 2.59 bits per heavy atom. The van der Waals surface area contributed by atoms with Crippen molar-refractivity contribution in [1.29, 1.82) is 0 Å². The molecule has 1 aliphatic carbocycles. The number of fused-ring (bicyclic) bond motifs is 2. The molecule has 7 nitrogen and oxygen atoms in total. The van der Waals surface area contributed by atoms with E-state index in [1.54, 1.807) is 29.4 Å². The highest BCUT2D eigenvalue weighted by atomic mass is 16.5. The lowest BCUT2D eigenvalue weighted by Gasteiger charge is -2.25. The summed E-state index contributed by atoms with van der Waals surface area (Å²) in [6.45, 7) is 0. The third kappa shape index (κ3) is 2.80.